The van der Waals surface area contributed by atoms with Crippen LogP contribution < -0.4 is 21.7 Å². The van der Waals surface area contributed by atoms with Crippen LogP contribution in [-0.2, 0) is 54.3 Å². The number of halogens is 2. The van der Waals surface area contributed by atoms with Gasteiger partial charge in [-0.15, -0.1) is 0 Å². The average molecular weight is 804 g/mol. The van der Waals surface area contributed by atoms with E-state index in [1.165, 1.54) is 29.8 Å². The van der Waals surface area contributed by atoms with E-state index in [0.29, 0.717) is 25.3 Å². The van der Waals surface area contributed by atoms with Crippen molar-refractivity contribution >= 4 is 47.4 Å². The molecule has 1 aromatic rings. The van der Waals surface area contributed by atoms with Crippen molar-refractivity contribution in [1.82, 2.24) is 30.7 Å². The molecule has 0 saturated carbocycles. The number of carbonyl (C=O) groups is 8. The maximum absolute atomic E-state index is 14.4. The van der Waals surface area contributed by atoms with Gasteiger partial charge >= 0.3 is 11.9 Å². The number of cyclic esters (lactones) is 1. The first-order chi connectivity index (χ1) is 27.1. The number of nitrogens with two attached hydrogens (primary N) is 1. The summed E-state index contributed by atoms with van der Waals surface area (Å²) in [6, 6.07) is -5.45. The van der Waals surface area contributed by atoms with Gasteiger partial charge in [0.1, 0.15) is 61.1 Å². The molecular formula is C38H51F2N7O10. The molecule has 0 aliphatic carbocycles. The van der Waals surface area contributed by atoms with E-state index in [2.05, 4.69) is 16.0 Å². The molecule has 3 aliphatic heterocycles. The topological polar surface area (TPSA) is 227 Å². The van der Waals surface area contributed by atoms with Crippen LogP contribution in [0.3, 0.4) is 0 Å². The van der Waals surface area contributed by atoms with Crippen LogP contribution in [0.15, 0.2) is 30.4 Å². The van der Waals surface area contributed by atoms with Gasteiger partial charge in [0.2, 0.25) is 35.4 Å². The predicted molar refractivity (Wildman–Crippen MR) is 197 cm³/mol. The second-order valence-corrected chi connectivity index (χ2v) is 14.2. The Balaban J connectivity index is 1.70. The number of rotatable bonds is 12. The molecule has 0 aromatic heterocycles. The molecule has 3 saturated heterocycles. The zero-order valence-corrected chi connectivity index (χ0v) is 32.3. The van der Waals surface area contributed by atoms with E-state index in [-0.39, 0.29) is 31.5 Å². The van der Waals surface area contributed by atoms with Crippen molar-refractivity contribution in [3.63, 3.8) is 0 Å². The summed E-state index contributed by atoms with van der Waals surface area (Å²) in [5, 5.41) is 7.58. The zero-order valence-electron chi connectivity index (χ0n) is 32.3. The fraction of sp³-hybridized carbons (Fsp3) is 0.579. The second-order valence-electron chi connectivity index (χ2n) is 14.2. The van der Waals surface area contributed by atoms with E-state index in [9.17, 15) is 47.1 Å². The van der Waals surface area contributed by atoms with Gasteiger partial charge in [0.25, 0.3) is 0 Å². The molecule has 0 bridgehead atoms. The van der Waals surface area contributed by atoms with E-state index in [1.807, 2.05) is 6.92 Å². The highest BCUT2D eigenvalue weighted by Crippen LogP contribution is 2.24. The summed E-state index contributed by atoms with van der Waals surface area (Å²) in [4.78, 5) is 111. The van der Waals surface area contributed by atoms with E-state index >= 15 is 0 Å². The Morgan fingerprint density at radius 2 is 1.65 bits per heavy atom. The Morgan fingerprint density at radius 3 is 2.30 bits per heavy atom. The lowest BCUT2D eigenvalue weighted by Crippen LogP contribution is -2.61. The molecule has 6 amide bonds. The van der Waals surface area contributed by atoms with Gasteiger partial charge in [-0.3, -0.25) is 33.6 Å². The lowest BCUT2D eigenvalue weighted by Gasteiger charge is -2.35. The van der Waals surface area contributed by atoms with E-state index in [4.69, 9.17) is 15.2 Å². The first-order valence-electron chi connectivity index (χ1n) is 19.1. The van der Waals surface area contributed by atoms with Crippen LogP contribution in [0.4, 0.5) is 8.78 Å². The van der Waals surface area contributed by atoms with Crippen molar-refractivity contribution in [2.45, 2.75) is 101 Å². The van der Waals surface area contributed by atoms with Gasteiger partial charge in [0.05, 0.1) is 6.54 Å². The summed E-state index contributed by atoms with van der Waals surface area (Å²) in [5.41, 5.74) is 5.38. The molecule has 3 aliphatic rings. The molecule has 3 heterocycles. The minimum absolute atomic E-state index is 0.0165. The summed E-state index contributed by atoms with van der Waals surface area (Å²) in [7, 11) is 1.27. The summed E-state index contributed by atoms with van der Waals surface area (Å²) in [6.07, 6.45) is 5.74. The summed E-state index contributed by atoms with van der Waals surface area (Å²) in [5.74, 6) is -8.33. The monoisotopic (exact) mass is 803 g/mol. The largest absolute Gasteiger partial charge is 0.462 e. The van der Waals surface area contributed by atoms with Gasteiger partial charge in [-0.05, 0) is 62.8 Å². The standard InChI is InChI=1S/C38H51F2N7O10/c1-4-5-6-7-12-31(48)43-26(17-23-15-24(39)18-25(40)16-23)33(50)44-27-20-57-38(55)29-11-9-14-47(29)35(52)22(2)42-34(51)30(21-56-32(49)19-41)45(3)37(54)28-10-8-13-46(28)36(27)53/h7,12,15-16,18,22,26-30H,4-6,8-11,13-14,17,19-21,41H2,1-3H3,(H,42,51)(H,43,48)(H,44,50)/t22-,26-,27-,28-,29-,30-/m0/s1. The van der Waals surface area contributed by atoms with Crippen LogP contribution in [0, 0.1) is 11.6 Å². The number of hydrogen-bond acceptors (Lipinski definition) is 11. The molecule has 57 heavy (non-hydrogen) atoms. The van der Waals surface area contributed by atoms with Gasteiger partial charge in [-0.2, -0.15) is 0 Å². The molecule has 6 atom stereocenters. The van der Waals surface area contributed by atoms with Crippen LogP contribution in [0.2, 0.25) is 0 Å². The molecule has 0 radical (unpaired) electrons. The minimum atomic E-state index is -1.65. The van der Waals surface area contributed by atoms with Gasteiger partial charge in [-0.1, -0.05) is 25.8 Å². The maximum atomic E-state index is 14.4. The van der Waals surface area contributed by atoms with Crippen molar-refractivity contribution in [2.24, 2.45) is 5.73 Å². The number of amides is 6. The molecule has 19 heteroatoms. The third-order valence-electron chi connectivity index (χ3n) is 10.0. The summed E-state index contributed by atoms with van der Waals surface area (Å²) in [6.45, 7) is 1.65. The Kier molecular flexibility index (Phi) is 16.0. The van der Waals surface area contributed by atoms with Gasteiger partial charge in [0.15, 0.2) is 0 Å². The molecule has 5 N–H and O–H groups in total. The van der Waals surface area contributed by atoms with Crippen LogP contribution in [0.25, 0.3) is 0 Å². The van der Waals surface area contributed by atoms with Gasteiger partial charge in [0, 0.05) is 32.6 Å². The van der Waals surface area contributed by atoms with E-state index < -0.39 is 121 Å². The Bertz CT molecular complexity index is 1710. The fourth-order valence-corrected chi connectivity index (χ4v) is 6.98. The molecule has 1 aromatic carbocycles. The number of carbonyl (C=O) groups excluding carboxylic acids is 8. The molecule has 3 fully saturated rings. The molecule has 312 valence electrons. The number of fused-ring (bicyclic) bond motifs is 2. The molecule has 0 unspecified atom stereocenters. The van der Waals surface area contributed by atoms with Crippen molar-refractivity contribution in [1.29, 1.82) is 0 Å². The van der Waals surface area contributed by atoms with Crippen molar-refractivity contribution in [3.05, 3.63) is 47.5 Å². The number of hydrogen-bond donors (Lipinski definition) is 4. The highest BCUT2D eigenvalue weighted by atomic mass is 19.1. The minimum Gasteiger partial charge on any atom is -0.462 e. The summed E-state index contributed by atoms with van der Waals surface area (Å²) >= 11 is 0. The van der Waals surface area contributed by atoms with E-state index in [0.717, 1.165) is 29.9 Å². The first-order valence-corrected chi connectivity index (χ1v) is 19.1. The number of nitrogens with one attached hydrogen (secondary N) is 3. The number of likely N-dealkylation sites (N-methyl/N-ethyl adjacent to an activating group) is 1. The molecule has 17 nitrogen and oxygen atoms in total. The Morgan fingerprint density at radius 1 is 1.00 bits per heavy atom. The number of allylic oxidation sites excluding steroid dienone is 1. The van der Waals surface area contributed by atoms with E-state index in [1.54, 1.807) is 6.08 Å². The summed E-state index contributed by atoms with van der Waals surface area (Å²) < 4.78 is 39.1. The average Bonchev–Trinajstić information content (AvgIpc) is 3.87. The third kappa shape index (κ3) is 11.8. The van der Waals surface area contributed by atoms with Crippen molar-refractivity contribution in [2.75, 3.05) is 39.9 Å². The number of unbranched alkanes of at least 4 members (excludes halogenated alkanes) is 2. The fourth-order valence-electron chi connectivity index (χ4n) is 6.98. The Hall–Kier alpha value is -5.46. The van der Waals surface area contributed by atoms with Crippen LogP contribution in [0.5, 0.6) is 0 Å². The van der Waals surface area contributed by atoms with Gasteiger partial charge < -0.3 is 45.9 Å². The predicted octanol–water partition coefficient (Wildman–Crippen LogP) is -0.404. The molecule has 4 rings (SSSR count). The highest BCUT2D eigenvalue weighted by molar-refractivity contribution is 5.98. The van der Waals surface area contributed by atoms with Crippen molar-refractivity contribution in [3.8, 4) is 0 Å². The van der Waals surface area contributed by atoms with Gasteiger partial charge in [-0.25, -0.2) is 13.6 Å². The number of benzene rings is 1. The number of esters is 2. The SMILES string of the molecule is CCCCC=CC(=O)N[C@@H](Cc1cc(F)cc(F)c1)C(=O)N[C@H]1COC(=O)[C@@H]2CCCN2C(=O)[C@H](C)NC(=O)[C@H](COC(=O)CN)N(C)C(=O)[C@@H]2CCCN2C1=O. The maximum Gasteiger partial charge on any atom is 0.328 e. The third-order valence-corrected chi connectivity index (χ3v) is 10.0. The van der Waals surface area contributed by atoms with Crippen molar-refractivity contribution < 1.29 is 56.6 Å². The van der Waals surface area contributed by atoms with Crippen LogP contribution in [0.1, 0.15) is 64.4 Å². The number of ether oxygens (including phenoxy) is 2. The highest BCUT2D eigenvalue weighted by Gasteiger charge is 2.44. The Labute approximate surface area is 329 Å². The smallest absolute Gasteiger partial charge is 0.328 e. The molecular weight excluding hydrogens is 752 g/mol. The zero-order chi connectivity index (χ0) is 41.8. The lowest BCUT2D eigenvalue weighted by atomic mass is 10.0. The quantitative estimate of drug-likeness (QED) is 0.121. The second kappa shape index (κ2) is 20.6. The number of nitrogens with zero attached hydrogens (tertiary/aromatic N) is 3. The van der Waals surface area contributed by atoms with Crippen LogP contribution in [-0.4, -0.2) is 138 Å². The molecule has 0 spiro atoms. The first kappa shape index (κ1) is 44.3. The van der Waals surface area contributed by atoms with Crippen LogP contribution >= 0.6 is 0 Å². The lowest BCUT2D eigenvalue weighted by molar-refractivity contribution is -0.158. The normalized spacial score (nSPS) is 24.1.